The quantitative estimate of drug-likeness (QED) is 0.840. The Labute approximate surface area is 137 Å². The molecule has 22 heavy (non-hydrogen) atoms. The van der Waals surface area contributed by atoms with E-state index in [1.54, 1.807) is 11.3 Å². The van der Waals surface area contributed by atoms with Gasteiger partial charge in [0.05, 0.1) is 15.9 Å². The Hall–Kier alpha value is -1.26. The van der Waals surface area contributed by atoms with Crippen molar-refractivity contribution in [3.63, 3.8) is 0 Å². The lowest BCUT2D eigenvalue weighted by Gasteiger charge is -2.19. The van der Waals surface area contributed by atoms with Crippen LogP contribution in [0.25, 0.3) is 16.3 Å². The Morgan fingerprint density at radius 1 is 1.23 bits per heavy atom. The fourth-order valence-electron chi connectivity index (χ4n) is 2.91. The fourth-order valence-corrected chi connectivity index (χ4v) is 4.09. The van der Waals surface area contributed by atoms with Crippen LogP contribution in [0.4, 0.5) is 0 Å². The highest BCUT2D eigenvalue weighted by atomic mass is 32.1. The fraction of sp³-hybridized carbons (Fsp3) is 0.556. The summed E-state index contributed by atoms with van der Waals surface area (Å²) in [6.07, 6.45) is 6.96. The number of thiophene rings is 1. The molecule has 0 aromatic carbocycles. The van der Waals surface area contributed by atoms with Crippen molar-refractivity contribution in [2.45, 2.75) is 46.0 Å². The summed E-state index contributed by atoms with van der Waals surface area (Å²) in [6, 6.07) is 0. The van der Waals surface area contributed by atoms with Gasteiger partial charge in [0.1, 0.15) is 0 Å². The topological polar surface area (TPSA) is 29.0 Å². The molecule has 0 saturated carbocycles. The van der Waals surface area contributed by atoms with Crippen molar-refractivity contribution in [1.82, 2.24) is 14.9 Å². The molecular formula is C18H25N3S. The summed E-state index contributed by atoms with van der Waals surface area (Å²) >= 11 is 1.76. The zero-order valence-corrected chi connectivity index (χ0v) is 14.8. The van der Waals surface area contributed by atoms with E-state index in [1.165, 1.54) is 36.2 Å². The Kier molecular flexibility index (Phi) is 4.33. The van der Waals surface area contributed by atoms with Gasteiger partial charge in [0.25, 0.3) is 0 Å². The number of aryl methyl sites for hydroxylation is 1. The molecular weight excluding hydrogens is 290 g/mol. The Balaban J connectivity index is 1.92. The molecule has 1 aliphatic rings. The third-order valence-corrected chi connectivity index (χ3v) is 5.24. The van der Waals surface area contributed by atoms with E-state index in [4.69, 9.17) is 9.97 Å². The second-order valence-electron chi connectivity index (χ2n) is 7.19. The van der Waals surface area contributed by atoms with Gasteiger partial charge in [-0.15, -0.1) is 11.3 Å². The SMILES string of the molecule is Cc1csc2c(C(C)(C)C)nc(/C=C/CN3CCCC3)nc12. The number of nitrogens with zero attached hydrogens (tertiary/aromatic N) is 3. The standard InChI is InChI=1S/C18H25N3S/c1-13-12-22-16-15(13)19-14(20-17(16)18(2,3)4)8-7-11-21-9-5-6-10-21/h7-8,12H,5-6,9-11H2,1-4H3/b8-7+. The first-order valence-corrected chi connectivity index (χ1v) is 8.98. The minimum absolute atomic E-state index is 0.0377. The van der Waals surface area contributed by atoms with E-state index in [0.717, 1.165) is 23.6 Å². The molecule has 1 saturated heterocycles. The van der Waals surface area contributed by atoms with E-state index in [2.05, 4.69) is 50.1 Å². The van der Waals surface area contributed by atoms with Gasteiger partial charge in [-0.1, -0.05) is 26.8 Å². The average molecular weight is 315 g/mol. The van der Waals surface area contributed by atoms with Crippen LogP contribution in [0.3, 0.4) is 0 Å². The van der Waals surface area contributed by atoms with Crippen LogP contribution in [0.2, 0.25) is 0 Å². The normalized spacial score (nSPS) is 17.1. The molecule has 1 fully saturated rings. The van der Waals surface area contributed by atoms with Crippen molar-refractivity contribution in [3.05, 3.63) is 28.5 Å². The Bertz CT molecular complexity index is 688. The highest BCUT2D eigenvalue weighted by Gasteiger charge is 2.22. The maximum Gasteiger partial charge on any atom is 0.152 e. The summed E-state index contributed by atoms with van der Waals surface area (Å²) in [5.74, 6) is 0.845. The van der Waals surface area contributed by atoms with Crippen LogP contribution in [-0.4, -0.2) is 34.5 Å². The molecule has 3 rings (SSSR count). The molecule has 0 unspecified atom stereocenters. The van der Waals surface area contributed by atoms with Crippen LogP contribution in [0, 0.1) is 6.92 Å². The molecule has 0 amide bonds. The van der Waals surface area contributed by atoms with Crippen LogP contribution < -0.4 is 0 Å². The minimum atomic E-state index is 0.0377. The van der Waals surface area contributed by atoms with Gasteiger partial charge < -0.3 is 0 Å². The van der Waals surface area contributed by atoms with Crippen molar-refractivity contribution in [2.24, 2.45) is 0 Å². The molecule has 0 bridgehead atoms. The number of fused-ring (bicyclic) bond motifs is 1. The summed E-state index contributed by atoms with van der Waals surface area (Å²) in [5, 5.41) is 2.19. The first kappa shape index (κ1) is 15.6. The summed E-state index contributed by atoms with van der Waals surface area (Å²) in [4.78, 5) is 12.1. The molecule has 118 valence electrons. The highest BCUT2D eigenvalue weighted by Crippen LogP contribution is 2.33. The first-order valence-electron chi connectivity index (χ1n) is 8.10. The Morgan fingerprint density at radius 2 is 1.95 bits per heavy atom. The van der Waals surface area contributed by atoms with E-state index in [-0.39, 0.29) is 5.41 Å². The molecule has 2 aromatic rings. The van der Waals surface area contributed by atoms with Crippen LogP contribution in [0.5, 0.6) is 0 Å². The maximum absolute atomic E-state index is 4.84. The molecule has 3 heterocycles. The van der Waals surface area contributed by atoms with Gasteiger partial charge >= 0.3 is 0 Å². The lowest BCUT2D eigenvalue weighted by molar-refractivity contribution is 0.378. The second kappa shape index (κ2) is 6.09. The molecule has 0 N–H and O–H groups in total. The van der Waals surface area contributed by atoms with Crippen molar-refractivity contribution in [1.29, 1.82) is 0 Å². The number of hydrogen-bond acceptors (Lipinski definition) is 4. The smallest absolute Gasteiger partial charge is 0.152 e. The number of likely N-dealkylation sites (tertiary alicyclic amines) is 1. The second-order valence-corrected chi connectivity index (χ2v) is 8.07. The van der Waals surface area contributed by atoms with Gasteiger partial charge in [-0.3, -0.25) is 4.90 Å². The van der Waals surface area contributed by atoms with Gasteiger partial charge in [0.15, 0.2) is 5.82 Å². The zero-order chi connectivity index (χ0) is 15.7. The molecule has 3 nitrogen and oxygen atoms in total. The molecule has 0 radical (unpaired) electrons. The third kappa shape index (κ3) is 3.23. The average Bonchev–Trinajstić information content (AvgIpc) is 3.08. The summed E-state index contributed by atoms with van der Waals surface area (Å²) in [6.45, 7) is 12.3. The van der Waals surface area contributed by atoms with Crippen LogP contribution in [0.15, 0.2) is 11.5 Å². The van der Waals surface area contributed by atoms with E-state index in [0.29, 0.717) is 0 Å². The van der Waals surface area contributed by atoms with Gasteiger partial charge in [-0.05, 0) is 49.9 Å². The van der Waals surface area contributed by atoms with Crippen LogP contribution in [-0.2, 0) is 5.41 Å². The van der Waals surface area contributed by atoms with Gasteiger partial charge in [-0.25, -0.2) is 9.97 Å². The molecule has 0 atom stereocenters. The van der Waals surface area contributed by atoms with Gasteiger partial charge in [0.2, 0.25) is 0 Å². The van der Waals surface area contributed by atoms with Gasteiger partial charge in [-0.2, -0.15) is 0 Å². The summed E-state index contributed by atoms with van der Waals surface area (Å²) in [7, 11) is 0. The van der Waals surface area contributed by atoms with Crippen molar-refractivity contribution in [2.75, 3.05) is 19.6 Å². The largest absolute Gasteiger partial charge is 0.300 e. The van der Waals surface area contributed by atoms with E-state index < -0.39 is 0 Å². The lowest BCUT2D eigenvalue weighted by Crippen LogP contribution is -2.18. The number of aromatic nitrogens is 2. The maximum atomic E-state index is 4.84. The van der Waals surface area contributed by atoms with Crippen LogP contribution in [0.1, 0.15) is 50.7 Å². The molecule has 0 aliphatic carbocycles. The third-order valence-electron chi connectivity index (χ3n) is 4.15. The number of rotatable bonds is 3. The van der Waals surface area contributed by atoms with Crippen molar-refractivity contribution < 1.29 is 0 Å². The van der Waals surface area contributed by atoms with E-state index in [1.807, 2.05) is 0 Å². The summed E-state index contributed by atoms with van der Waals surface area (Å²) in [5.41, 5.74) is 3.57. The molecule has 1 aliphatic heterocycles. The highest BCUT2D eigenvalue weighted by molar-refractivity contribution is 7.17. The summed E-state index contributed by atoms with van der Waals surface area (Å²) < 4.78 is 1.24. The lowest BCUT2D eigenvalue weighted by atomic mass is 9.91. The van der Waals surface area contributed by atoms with Crippen LogP contribution >= 0.6 is 11.3 Å². The first-order chi connectivity index (χ1) is 10.4. The predicted octanol–water partition coefficient (Wildman–Crippen LogP) is 4.41. The van der Waals surface area contributed by atoms with E-state index >= 15 is 0 Å². The zero-order valence-electron chi connectivity index (χ0n) is 14.0. The Morgan fingerprint density at radius 3 is 2.64 bits per heavy atom. The molecule has 0 spiro atoms. The van der Waals surface area contributed by atoms with Crippen molar-refractivity contribution in [3.8, 4) is 0 Å². The van der Waals surface area contributed by atoms with Gasteiger partial charge in [0, 0.05) is 12.0 Å². The number of hydrogen-bond donors (Lipinski definition) is 0. The molecule has 2 aromatic heterocycles. The van der Waals surface area contributed by atoms with E-state index in [9.17, 15) is 0 Å². The van der Waals surface area contributed by atoms with Crippen molar-refractivity contribution >= 4 is 27.6 Å². The monoisotopic (exact) mass is 315 g/mol. The molecule has 4 heteroatoms. The predicted molar refractivity (Wildman–Crippen MR) is 95.6 cm³/mol. The minimum Gasteiger partial charge on any atom is -0.300 e.